The Morgan fingerprint density at radius 3 is 2.18 bits per heavy atom. The molecule has 6 nitrogen and oxygen atoms in total. The summed E-state index contributed by atoms with van der Waals surface area (Å²) in [6, 6.07) is 16.0. The second-order valence-corrected chi connectivity index (χ2v) is 8.00. The molecular weight excluding hydrogens is 430 g/mol. The fraction of sp³-hybridized carbons (Fsp3) is 0.286. The molecule has 34 heavy (non-hydrogen) atoms. The van der Waals surface area contributed by atoms with Crippen LogP contribution in [0.3, 0.4) is 0 Å². The molecule has 0 aliphatic heterocycles. The van der Waals surface area contributed by atoms with Gasteiger partial charge in [0.1, 0.15) is 18.1 Å². The number of amides is 1. The second kappa shape index (κ2) is 11.4. The number of aryl methyl sites for hydroxylation is 2. The number of benzene rings is 3. The van der Waals surface area contributed by atoms with E-state index in [-0.39, 0.29) is 12.5 Å². The molecule has 6 heteroatoms. The average Bonchev–Trinajstić information content (AvgIpc) is 2.82. The number of anilines is 1. The summed E-state index contributed by atoms with van der Waals surface area (Å²) >= 11 is 0. The molecule has 0 bridgehead atoms. The minimum atomic E-state index is -0.393. The van der Waals surface area contributed by atoms with Crippen LogP contribution in [0.25, 0.3) is 0 Å². The van der Waals surface area contributed by atoms with E-state index in [4.69, 9.17) is 14.2 Å². The Morgan fingerprint density at radius 2 is 1.50 bits per heavy atom. The highest BCUT2D eigenvalue weighted by Crippen LogP contribution is 2.27. The lowest BCUT2D eigenvalue weighted by Gasteiger charge is -2.16. The first kappa shape index (κ1) is 24.8. The van der Waals surface area contributed by atoms with Crippen LogP contribution in [0, 0.1) is 20.8 Å². The highest BCUT2D eigenvalue weighted by atomic mass is 16.5. The van der Waals surface area contributed by atoms with Crippen LogP contribution in [0.4, 0.5) is 5.69 Å². The lowest BCUT2D eigenvalue weighted by Crippen LogP contribution is -2.13. The number of ether oxygens (including phenoxy) is 3. The Kier molecular flexibility index (Phi) is 8.30. The average molecular weight is 462 g/mol. The fourth-order valence-corrected chi connectivity index (χ4v) is 3.54. The van der Waals surface area contributed by atoms with Crippen LogP contribution in [0.2, 0.25) is 0 Å². The molecule has 3 aromatic carbocycles. The van der Waals surface area contributed by atoms with Crippen LogP contribution >= 0.6 is 0 Å². The molecule has 0 radical (unpaired) electrons. The van der Waals surface area contributed by atoms with Crippen molar-refractivity contribution in [2.24, 2.45) is 0 Å². The second-order valence-electron chi connectivity index (χ2n) is 8.00. The summed E-state index contributed by atoms with van der Waals surface area (Å²) in [5, 5.41) is 2.86. The van der Waals surface area contributed by atoms with Crippen molar-refractivity contribution in [3.63, 3.8) is 0 Å². The van der Waals surface area contributed by atoms with Crippen LogP contribution in [-0.4, -0.2) is 25.1 Å². The molecule has 3 aromatic rings. The number of hydrogen-bond acceptors (Lipinski definition) is 5. The zero-order chi connectivity index (χ0) is 24.7. The summed E-state index contributed by atoms with van der Waals surface area (Å²) in [5.74, 6) is 0.836. The van der Waals surface area contributed by atoms with Crippen molar-refractivity contribution >= 4 is 17.6 Å². The summed E-state index contributed by atoms with van der Waals surface area (Å²) in [4.78, 5) is 24.7. The predicted molar refractivity (Wildman–Crippen MR) is 133 cm³/mol. The van der Waals surface area contributed by atoms with Crippen molar-refractivity contribution in [2.45, 2.75) is 41.2 Å². The first-order chi connectivity index (χ1) is 16.3. The Hall–Kier alpha value is -3.80. The number of carbonyl (C=O) groups excluding carboxylic acids is 2. The van der Waals surface area contributed by atoms with E-state index in [1.165, 1.54) is 5.56 Å². The first-order valence-electron chi connectivity index (χ1n) is 11.4. The Bertz CT molecular complexity index is 1170. The monoisotopic (exact) mass is 461 g/mol. The van der Waals surface area contributed by atoms with Gasteiger partial charge in [0.25, 0.3) is 5.91 Å². The summed E-state index contributed by atoms with van der Waals surface area (Å²) in [6.07, 6.45) is 0. The van der Waals surface area contributed by atoms with Gasteiger partial charge in [-0.25, -0.2) is 4.79 Å². The standard InChI is InChI=1S/C28H31NO5/c1-6-32-25-13-10-22(16-23(25)17-34-26-15-18(3)14-19(4)20(26)5)27(30)29-24-11-8-21(9-12-24)28(31)33-7-2/h8-16H,6-7,17H2,1-5H3,(H,29,30). The largest absolute Gasteiger partial charge is 0.493 e. The van der Waals surface area contributed by atoms with Gasteiger partial charge in [0.2, 0.25) is 0 Å². The molecule has 0 saturated carbocycles. The van der Waals surface area contributed by atoms with Gasteiger partial charge < -0.3 is 19.5 Å². The highest BCUT2D eigenvalue weighted by molar-refractivity contribution is 6.04. The Morgan fingerprint density at radius 1 is 0.794 bits per heavy atom. The third-order valence-corrected chi connectivity index (χ3v) is 5.42. The molecule has 0 aromatic heterocycles. The summed E-state index contributed by atoms with van der Waals surface area (Å²) in [7, 11) is 0. The van der Waals surface area contributed by atoms with Crippen molar-refractivity contribution in [2.75, 3.05) is 18.5 Å². The lowest BCUT2D eigenvalue weighted by atomic mass is 10.1. The van der Waals surface area contributed by atoms with E-state index < -0.39 is 5.97 Å². The van der Waals surface area contributed by atoms with E-state index >= 15 is 0 Å². The Labute approximate surface area is 200 Å². The predicted octanol–water partition coefficient (Wildman–Crippen LogP) is 6.02. The molecule has 0 unspecified atom stereocenters. The van der Waals surface area contributed by atoms with Crippen LogP contribution in [-0.2, 0) is 11.3 Å². The molecule has 0 heterocycles. The van der Waals surface area contributed by atoms with Gasteiger partial charge in [-0.3, -0.25) is 4.79 Å². The number of hydrogen-bond donors (Lipinski definition) is 1. The van der Waals surface area contributed by atoms with Crippen molar-refractivity contribution in [3.05, 3.63) is 88.0 Å². The van der Waals surface area contributed by atoms with Crippen LogP contribution in [0.15, 0.2) is 54.6 Å². The van der Waals surface area contributed by atoms with E-state index in [0.29, 0.717) is 35.8 Å². The van der Waals surface area contributed by atoms with Crippen molar-refractivity contribution in [1.29, 1.82) is 0 Å². The summed E-state index contributed by atoms with van der Waals surface area (Å²) in [5.41, 5.74) is 5.66. The first-order valence-corrected chi connectivity index (χ1v) is 11.4. The summed E-state index contributed by atoms with van der Waals surface area (Å²) < 4.78 is 16.9. The van der Waals surface area contributed by atoms with Gasteiger partial charge in [0.15, 0.2) is 0 Å². The molecule has 1 amide bonds. The van der Waals surface area contributed by atoms with Crippen molar-refractivity contribution in [1.82, 2.24) is 0 Å². The van der Waals surface area contributed by atoms with Gasteiger partial charge in [0, 0.05) is 16.8 Å². The van der Waals surface area contributed by atoms with Gasteiger partial charge in [-0.1, -0.05) is 6.07 Å². The molecule has 0 fully saturated rings. The molecule has 0 saturated heterocycles. The van der Waals surface area contributed by atoms with E-state index in [1.807, 2.05) is 26.8 Å². The normalized spacial score (nSPS) is 10.5. The molecule has 0 aliphatic carbocycles. The van der Waals surface area contributed by atoms with Gasteiger partial charge in [-0.15, -0.1) is 0 Å². The van der Waals surface area contributed by atoms with Crippen LogP contribution < -0.4 is 14.8 Å². The van der Waals surface area contributed by atoms with Gasteiger partial charge >= 0.3 is 5.97 Å². The van der Waals surface area contributed by atoms with E-state index in [1.54, 1.807) is 49.4 Å². The van der Waals surface area contributed by atoms with Crippen molar-refractivity contribution < 1.29 is 23.8 Å². The van der Waals surface area contributed by atoms with Gasteiger partial charge in [0.05, 0.1) is 18.8 Å². The van der Waals surface area contributed by atoms with Crippen molar-refractivity contribution in [3.8, 4) is 11.5 Å². The van der Waals surface area contributed by atoms with E-state index in [2.05, 4.69) is 18.3 Å². The zero-order valence-corrected chi connectivity index (χ0v) is 20.4. The third kappa shape index (κ3) is 6.16. The molecule has 0 atom stereocenters. The SMILES string of the molecule is CCOC(=O)c1ccc(NC(=O)c2ccc(OCC)c(COc3cc(C)cc(C)c3C)c2)cc1. The Balaban J connectivity index is 1.77. The maximum atomic E-state index is 12.9. The number of rotatable bonds is 9. The minimum absolute atomic E-state index is 0.268. The molecule has 1 N–H and O–H groups in total. The van der Waals surface area contributed by atoms with E-state index in [9.17, 15) is 9.59 Å². The number of esters is 1. The van der Waals surface area contributed by atoms with E-state index in [0.717, 1.165) is 22.4 Å². The topological polar surface area (TPSA) is 73.9 Å². The fourth-order valence-electron chi connectivity index (χ4n) is 3.54. The maximum Gasteiger partial charge on any atom is 0.338 e. The minimum Gasteiger partial charge on any atom is -0.493 e. The number of nitrogens with one attached hydrogen (secondary N) is 1. The number of carbonyl (C=O) groups is 2. The lowest BCUT2D eigenvalue weighted by molar-refractivity contribution is 0.0526. The van der Waals surface area contributed by atoms with Crippen LogP contribution in [0.5, 0.6) is 11.5 Å². The highest BCUT2D eigenvalue weighted by Gasteiger charge is 2.14. The smallest absolute Gasteiger partial charge is 0.338 e. The van der Waals surface area contributed by atoms with Gasteiger partial charge in [-0.05, 0) is 99.8 Å². The molecular formula is C28H31NO5. The third-order valence-electron chi connectivity index (χ3n) is 5.42. The summed E-state index contributed by atoms with van der Waals surface area (Å²) in [6.45, 7) is 10.9. The zero-order valence-electron chi connectivity index (χ0n) is 20.4. The van der Waals surface area contributed by atoms with Gasteiger partial charge in [-0.2, -0.15) is 0 Å². The molecule has 3 rings (SSSR count). The molecule has 0 spiro atoms. The maximum absolute atomic E-state index is 12.9. The molecule has 178 valence electrons. The van der Waals surface area contributed by atoms with Crippen LogP contribution in [0.1, 0.15) is 56.8 Å². The quantitative estimate of drug-likeness (QED) is 0.395. The molecule has 0 aliphatic rings.